The highest BCUT2D eigenvalue weighted by Gasteiger charge is 2.57. The molecule has 1 fully saturated rings. The van der Waals surface area contributed by atoms with E-state index in [1.165, 1.54) is 11.9 Å². The Morgan fingerprint density at radius 3 is 2.41 bits per heavy atom. The fourth-order valence-electron chi connectivity index (χ4n) is 5.52. The van der Waals surface area contributed by atoms with Crippen LogP contribution in [0.3, 0.4) is 0 Å². The summed E-state index contributed by atoms with van der Waals surface area (Å²) in [5.41, 5.74) is -0.179. The quantitative estimate of drug-likeness (QED) is 0.487. The van der Waals surface area contributed by atoms with Crippen LogP contribution in [0.5, 0.6) is 0 Å². The van der Waals surface area contributed by atoms with Crippen LogP contribution in [-0.4, -0.2) is 71.3 Å². The molecule has 2 aliphatic rings. The summed E-state index contributed by atoms with van der Waals surface area (Å²) in [4.78, 5) is 55.0. The van der Waals surface area contributed by atoms with Crippen molar-refractivity contribution in [2.75, 3.05) is 18.9 Å². The lowest BCUT2D eigenvalue weighted by Gasteiger charge is -2.35. The summed E-state index contributed by atoms with van der Waals surface area (Å²) in [5.74, 6) is -4.08. The van der Waals surface area contributed by atoms with Crippen LogP contribution in [0.25, 0.3) is 0 Å². The first-order chi connectivity index (χ1) is 18.9. The largest absolute Gasteiger partial charge is 0.471 e. The van der Waals surface area contributed by atoms with Crippen LogP contribution in [0.2, 0.25) is 0 Å². The molecule has 1 spiro atoms. The van der Waals surface area contributed by atoms with Gasteiger partial charge in [-0.1, -0.05) is 52.8 Å². The molecule has 0 bridgehead atoms. The van der Waals surface area contributed by atoms with Crippen molar-refractivity contribution in [3.05, 3.63) is 29.8 Å². The lowest BCUT2D eigenvalue weighted by Crippen LogP contribution is -2.57. The first kappa shape index (κ1) is 31.9. The number of nitrogens with one attached hydrogen (secondary N) is 2. The molecule has 4 atom stereocenters. The summed E-state index contributed by atoms with van der Waals surface area (Å²) in [6.07, 6.45) is -4.70. The molecule has 0 unspecified atom stereocenters. The molecule has 3 rings (SSSR count). The Bertz CT molecular complexity index is 1240. The van der Waals surface area contributed by atoms with Crippen molar-refractivity contribution in [1.29, 1.82) is 5.26 Å². The van der Waals surface area contributed by atoms with Crippen LogP contribution < -0.4 is 10.6 Å². The van der Waals surface area contributed by atoms with Gasteiger partial charge in [0.1, 0.15) is 18.1 Å². The molecular formula is C29H38F3N5O4. The van der Waals surface area contributed by atoms with Gasteiger partial charge in [-0.15, -0.1) is 0 Å². The maximum absolute atomic E-state index is 14.1. The van der Waals surface area contributed by atoms with Crippen LogP contribution in [-0.2, 0) is 24.6 Å². The summed E-state index contributed by atoms with van der Waals surface area (Å²) in [5, 5.41) is 14.6. The number of hydrogen-bond donors (Lipinski definition) is 2. The second-order valence-electron chi connectivity index (χ2n) is 12.6. The molecule has 0 aromatic heterocycles. The van der Waals surface area contributed by atoms with Gasteiger partial charge in [-0.25, -0.2) is 0 Å². The van der Waals surface area contributed by atoms with E-state index in [9.17, 15) is 37.6 Å². The van der Waals surface area contributed by atoms with Crippen molar-refractivity contribution in [2.24, 2.45) is 11.3 Å². The first-order valence-electron chi connectivity index (χ1n) is 13.7. The summed E-state index contributed by atoms with van der Waals surface area (Å²) in [6.45, 7) is 9.15. The van der Waals surface area contributed by atoms with E-state index >= 15 is 0 Å². The molecule has 0 aliphatic carbocycles. The molecule has 2 N–H and O–H groups in total. The van der Waals surface area contributed by atoms with Gasteiger partial charge >= 0.3 is 12.1 Å². The molecule has 224 valence electrons. The van der Waals surface area contributed by atoms with Gasteiger partial charge in [-0.2, -0.15) is 18.4 Å². The third-order valence-electron chi connectivity index (χ3n) is 7.75. The number of rotatable bonds is 8. The Kier molecular flexibility index (Phi) is 9.11. The fraction of sp³-hybridized carbons (Fsp3) is 0.621. The van der Waals surface area contributed by atoms with Gasteiger partial charge in [0.25, 0.3) is 0 Å². The van der Waals surface area contributed by atoms with E-state index in [1.807, 2.05) is 39.9 Å². The second-order valence-corrected chi connectivity index (χ2v) is 12.6. The summed E-state index contributed by atoms with van der Waals surface area (Å²) < 4.78 is 39.3. The van der Waals surface area contributed by atoms with Gasteiger partial charge in [0.15, 0.2) is 0 Å². The topological polar surface area (TPSA) is 123 Å². The Morgan fingerprint density at radius 1 is 1.22 bits per heavy atom. The normalized spacial score (nSPS) is 21.7. The number of hydrogen-bond acceptors (Lipinski definition) is 5. The number of para-hydroxylation sites is 1. The van der Waals surface area contributed by atoms with Crippen molar-refractivity contribution in [2.45, 2.75) is 90.0 Å². The minimum absolute atomic E-state index is 0.0678. The lowest BCUT2D eigenvalue weighted by atomic mass is 9.80. The van der Waals surface area contributed by atoms with E-state index in [4.69, 9.17) is 0 Å². The number of carbonyl (C=O) groups is 4. The molecule has 9 nitrogen and oxygen atoms in total. The third-order valence-corrected chi connectivity index (χ3v) is 7.75. The second kappa shape index (κ2) is 11.7. The maximum Gasteiger partial charge on any atom is 0.471 e. The average Bonchev–Trinajstić information content (AvgIpc) is 3.40. The SMILES string of the molecule is CC(C)C[C@@H](C(=O)N1C[C@]2(C[C@H]1C#N)C(=O)Nc1ccccc12)N(C)C(=O)[C@H](CCC(C)(C)C)NC(=O)C(F)(F)F. The highest BCUT2D eigenvalue weighted by atomic mass is 19.4. The summed E-state index contributed by atoms with van der Waals surface area (Å²) in [7, 11) is 1.32. The number of benzene rings is 1. The average molecular weight is 578 g/mol. The molecule has 0 saturated carbocycles. The number of nitriles is 1. The van der Waals surface area contributed by atoms with Gasteiger partial charge in [0, 0.05) is 25.7 Å². The first-order valence-corrected chi connectivity index (χ1v) is 13.7. The van der Waals surface area contributed by atoms with Gasteiger partial charge < -0.3 is 20.4 Å². The molecule has 1 aromatic carbocycles. The van der Waals surface area contributed by atoms with Crippen LogP contribution in [0.4, 0.5) is 18.9 Å². The number of fused-ring (bicyclic) bond motifs is 2. The van der Waals surface area contributed by atoms with Crippen LogP contribution in [0, 0.1) is 22.7 Å². The Labute approximate surface area is 238 Å². The van der Waals surface area contributed by atoms with E-state index in [-0.39, 0.29) is 43.0 Å². The molecule has 12 heteroatoms. The van der Waals surface area contributed by atoms with E-state index < -0.39 is 47.4 Å². The Hall–Kier alpha value is -3.62. The number of halogens is 3. The van der Waals surface area contributed by atoms with Gasteiger partial charge in [-0.3, -0.25) is 19.2 Å². The number of amides is 4. The van der Waals surface area contributed by atoms with Crippen molar-refractivity contribution in [3.8, 4) is 6.07 Å². The minimum Gasteiger partial charge on any atom is -0.336 e. The third kappa shape index (κ3) is 6.82. The monoisotopic (exact) mass is 577 g/mol. The smallest absolute Gasteiger partial charge is 0.336 e. The number of likely N-dealkylation sites (tertiary alicyclic amines) is 1. The number of alkyl halides is 3. The standard InChI is InChI=1S/C29H38F3N5O4/c1-17(2)13-22(36(6)23(38)21(11-12-27(3,4)5)35-26(41)29(30,31)32)24(39)37-16-28(14-18(37)15-33)19-9-7-8-10-20(19)34-25(28)40/h7-10,17-18,21-22H,11-14,16H2,1-6H3,(H,34,40)(H,35,41)/t18-,21-,22-,28-/m0/s1. The zero-order valence-corrected chi connectivity index (χ0v) is 24.3. The number of anilines is 1. The highest BCUT2D eigenvalue weighted by molar-refractivity contribution is 6.07. The molecule has 41 heavy (non-hydrogen) atoms. The van der Waals surface area contributed by atoms with Gasteiger partial charge in [-0.05, 0) is 42.2 Å². The van der Waals surface area contributed by atoms with Crippen molar-refractivity contribution >= 4 is 29.3 Å². The minimum atomic E-state index is -5.19. The Morgan fingerprint density at radius 2 is 1.85 bits per heavy atom. The molecule has 4 amide bonds. The van der Waals surface area contributed by atoms with Crippen molar-refractivity contribution in [3.63, 3.8) is 0 Å². The predicted molar refractivity (Wildman–Crippen MR) is 145 cm³/mol. The van der Waals surface area contributed by atoms with E-state index in [0.29, 0.717) is 17.7 Å². The molecule has 0 radical (unpaired) electrons. The van der Waals surface area contributed by atoms with E-state index in [1.54, 1.807) is 24.3 Å². The molecule has 2 heterocycles. The lowest BCUT2D eigenvalue weighted by molar-refractivity contribution is -0.175. The maximum atomic E-state index is 14.1. The van der Waals surface area contributed by atoms with Crippen LogP contribution in [0.1, 0.15) is 65.9 Å². The van der Waals surface area contributed by atoms with E-state index in [2.05, 4.69) is 11.4 Å². The van der Waals surface area contributed by atoms with E-state index in [0.717, 1.165) is 4.90 Å². The van der Waals surface area contributed by atoms with Crippen LogP contribution >= 0.6 is 0 Å². The summed E-state index contributed by atoms with van der Waals surface area (Å²) >= 11 is 0. The fourth-order valence-corrected chi connectivity index (χ4v) is 5.52. The molecule has 1 aromatic rings. The number of likely N-dealkylation sites (N-methyl/N-ethyl adjacent to an activating group) is 1. The van der Waals surface area contributed by atoms with Gasteiger partial charge in [0.2, 0.25) is 17.7 Å². The highest BCUT2D eigenvalue weighted by Crippen LogP contribution is 2.46. The Balaban J connectivity index is 1.93. The molecule has 1 saturated heterocycles. The zero-order chi connectivity index (χ0) is 30.9. The van der Waals surface area contributed by atoms with Crippen molar-refractivity contribution < 1.29 is 32.3 Å². The summed E-state index contributed by atoms with van der Waals surface area (Å²) in [6, 6.07) is 5.57. The molecule has 2 aliphatic heterocycles. The predicted octanol–water partition coefficient (Wildman–Crippen LogP) is 3.75. The number of carbonyl (C=O) groups excluding carboxylic acids is 4. The van der Waals surface area contributed by atoms with Gasteiger partial charge in [0.05, 0.1) is 11.5 Å². The molecular weight excluding hydrogens is 539 g/mol. The van der Waals surface area contributed by atoms with Crippen molar-refractivity contribution in [1.82, 2.24) is 15.1 Å². The number of nitrogens with zero attached hydrogens (tertiary/aromatic N) is 3. The zero-order valence-electron chi connectivity index (χ0n) is 24.3. The van der Waals surface area contributed by atoms with Crippen LogP contribution in [0.15, 0.2) is 24.3 Å².